The number of nitrogens with zero attached hydrogens (tertiary/aromatic N) is 2. The largest absolute Gasteiger partial charge is 0.310 e. The van der Waals surface area contributed by atoms with Crippen LogP contribution >= 0.6 is 34.0 Å². The highest BCUT2D eigenvalue weighted by Gasteiger charge is 2.21. The van der Waals surface area contributed by atoms with Crippen molar-refractivity contribution in [2.75, 3.05) is 9.80 Å². The maximum Gasteiger partial charge on any atom is 0.0640 e. The number of hydrogen-bond donors (Lipinski definition) is 0. The van der Waals surface area contributed by atoms with Gasteiger partial charge in [-0.3, -0.25) is 0 Å². The van der Waals surface area contributed by atoms with Crippen molar-refractivity contribution in [2.24, 2.45) is 0 Å². The van der Waals surface area contributed by atoms with Crippen LogP contribution in [-0.2, 0) is 0 Å². The van der Waals surface area contributed by atoms with Crippen molar-refractivity contribution in [2.45, 2.75) is 0 Å². The molecule has 3 heterocycles. The van der Waals surface area contributed by atoms with Gasteiger partial charge in [-0.2, -0.15) is 0 Å². The van der Waals surface area contributed by atoms with Gasteiger partial charge in [-0.25, -0.2) is 0 Å². The molecular formula is C48H30N2S3. The van der Waals surface area contributed by atoms with Crippen LogP contribution in [-0.4, -0.2) is 0 Å². The van der Waals surface area contributed by atoms with Crippen molar-refractivity contribution in [1.29, 1.82) is 0 Å². The third-order valence-electron chi connectivity index (χ3n) is 10.2. The smallest absolute Gasteiger partial charge is 0.0640 e. The normalized spacial score (nSPS) is 11.8. The lowest BCUT2D eigenvalue weighted by Crippen LogP contribution is -2.09. The van der Waals surface area contributed by atoms with E-state index in [4.69, 9.17) is 0 Å². The molecule has 0 unspecified atom stereocenters. The Hall–Kier alpha value is -5.98. The lowest BCUT2D eigenvalue weighted by atomic mass is 10.1. The van der Waals surface area contributed by atoms with Gasteiger partial charge in [0.05, 0.1) is 10.4 Å². The maximum atomic E-state index is 2.43. The highest BCUT2D eigenvalue weighted by molar-refractivity contribution is 7.27. The van der Waals surface area contributed by atoms with Crippen molar-refractivity contribution in [1.82, 2.24) is 0 Å². The van der Waals surface area contributed by atoms with Gasteiger partial charge in [0.15, 0.2) is 0 Å². The SMILES string of the molecule is c1ccc(N(c2ccc3c(c2)sc2ccccc23)c2ccc3c(c2)sc2c(N(c4ccccc4)c4ccc5c(c4)sc4ccccc45)cccc23)cc1. The fourth-order valence-electron chi connectivity index (χ4n) is 7.82. The minimum absolute atomic E-state index is 1.14. The summed E-state index contributed by atoms with van der Waals surface area (Å²) in [5.74, 6) is 0. The zero-order valence-corrected chi connectivity index (χ0v) is 30.9. The summed E-state index contributed by atoms with van der Waals surface area (Å²) >= 11 is 5.60. The van der Waals surface area contributed by atoms with Gasteiger partial charge in [-0.1, -0.05) is 103 Å². The Bertz CT molecular complexity index is 3140. The van der Waals surface area contributed by atoms with Gasteiger partial charge in [0, 0.05) is 84.3 Å². The standard InChI is InChI=1S/C48H30N2S3/c1-3-12-31(13-4-1)49(33-22-25-38-36-16-7-9-20-43(36)51-45(38)28-33)34-23-27-40-41-18-11-19-42(48(41)53-47(40)29-34)50(32-14-5-2-6-15-32)35-24-26-39-37-17-8-10-21-44(37)52-46(39)30-35/h1-30H. The molecule has 0 fully saturated rings. The van der Waals surface area contributed by atoms with Crippen LogP contribution in [0.5, 0.6) is 0 Å². The lowest BCUT2D eigenvalue weighted by Gasteiger charge is -2.26. The molecule has 2 nitrogen and oxygen atoms in total. The lowest BCUT2D eigenvalue weighted by molar-refractivity contribution is 1.30. The first-order valence-corrected chi connectivity index (χ1v) is 20.2. The Morgan fingerprint density at radius 1 is 0.264 bits per heavy atom. The van der Waals surface area contributed by atoms with Gasteiger partial charge >= 0.3 is 0 Å². The van der Waals surface area contributed by atoms with Crippen LogP contribution in [0.1, 0.15) is 0 Å². The van der Waals surface area contributed by atoms with E-state index in [9.17, 15) is 0 Å². The first kappa shape index (κ1) is 30.6. The summed E-state index contributed by atoms with van der Waals surface area (Å²) in [6.07, 6.45) is 0. The first-order valence-electron chi connectivity index (χ1n) is 17.8. The van der Waals surface area contributed by atoms with Crippen LogP contribution in [0.2, 0.25) is 0 Å². The molecule has 5 heteroatoms. The quantitative estimate of drug-likeness (QED) is 0.168. The van der Waals surface area contributed by atoms with E-state index in [1.54, 1.807) is 0 Å². The number of thiophene rings is 3. The molecule has 0 spiro atoms. The van der Waals surface area contributed by atoms with Crippen molar-refractivity contribution in [3.05, 3.63) is 182 Å². The van der Waals surface area contributed by atoms with Crippen LogP contribution in [0.15, 0.2) is 182 Å². The molecule has 0 radical (unpaired) electrons. The Morgan fingerprint density at radius 2 is 0.679 bits per heavy atom. The van der Waals surface area contributed by atoms with Crippen LogP contribution in [0.4, 0.5) is 34.1 Å². The van der Waals surface area contributed by atoms with E-state index in [1.807, 2.05) is 34.0 Å². The molecule has 0 N–H and O–H groups in total. The topological polar surface area (TPSA) is 6.48 Å². The predicted octanol–water partition coefficient (Wildman–Crippen LogP) is 15.7. The maximum absolute atomic E-state index is 2.43. The van der Waals surface area contributed by atoms with Gasteiger partial charge in [0.2, 0.25) is 0 Å². The summed E-state index contributed by atoms with van der Waals surface area (Å²) < 4.78 is 7.78. The third kappa shape index (κ3) is 5.04. The molecule has 0 aliphatic rings. The second kappa shape index (κ2) is 12.3. The minimum atomic E-state index is 1.14. The molecule has 8 aromatic carbocycles. The highest BCUT2D eigenvalue weighted by Crippen LogP contribution is 2.48. The van der Waals surface area contributed by atoms with Crippen LogP contribution in [0.25, 0.3) is 60.5 Å². The fraction of sp³-hybridized carbons (Fsp3) is 0. The molecule has 53 heavy (non-hydrogen) atoms. The Kier molecular flexibility index (Phi) is 7.12. The van der Waals surface area contributed by atoms with Crippen LogP contribution in [0, 0.1) is 0 Å². The summed E-state index contributed by atoms with van der Waals surface area (Å²) in [5.41, 5.74) is 6.93. The molecule has 0 bridgehead atoms. The van der Waals surface area contributed by atoms with E-state index >= 15 is 0 Å². The number of benzene rings is 8. The average Bonchev–Trinajstić information content (AvgIpc) is 3.90. The van der Waals surface area contributed by atoms with E-state index in [0.717, 1.165) is 28.4 Å². The summed E-state index contributed by atoms with van der Waals surface area (Å²) in [4.78, 5) is 4.82. The fourth-order valence-corrected chi connectivity index (χ4v) is 11.3. The molecular weight excluding hydrogens is 701 g/mol. The molecule has 0 aliphatic heterocycles. The van der Waals surface area contributed by atoms with E-state index in [-0.39, 0.29) is 0 Å². The van der Waals surface area contributed by atoms with Crippen molar-refractivity contribution in [3.63, 3.8) is 0 Å². The summed E-state index contributed by atoms with van der Waals surface area (Å²) in [6, 6.07) is 66.6. The van der Waals surface area contributed by atoms with Crippen LogP contribution in [0.3, 0.4) is 0 Å². The van der Waals surface area contributed by atoms with Gasteiger partial charge < -0.3 is 9.80 Å². The monoisotopic (exact) mass is 730 g/mol. The van der Waals surface area contributed by atoms with Crippen LogP contribution < -0.4 is 9.80 Å². The van der Waals surface area contributed by atoms with E-state index in [2.05, 4.69) is 192 Å². The number of rotatable bonds is 6. The first-order chi connectivity index (χ1) is 26.3. The summed E-state index contributed by atoms with van der Waals surface area (Å²) in [5, 5.41) is 7.81. The van der Waals surface area contributed by atoms with E-state index in [1.165, 1.54) is 66.2 Å². The van der Waals surface area contributed by atoms with Gasteiger partial charge in [-0.15, -0.1) is 34.0 Å². The predicted molar refractivity (Wildman–Crippen MR) is 234 cm³/mol. The molecule has 11 rings (SSSR count). The number of fused-ring (bicyclic) bond motifs is 9. The Balaban J connectivity index is 1.08. The average molecular weight is 731 g/mol. The number of anilines is 6. The van der Waals surface area contributed by atoms with E-state index < -0.39 is 0 Å². The second-order valence-corrected chi connectivity index (χ2v) is 16.6. The molecule has 0 atom stereocenters. The van der Waals surface area contributed by atoms with Crippen molar-refractivity contribution >= 4 is 129 Å². The molecule has 0 aliphatic carbocycles. The molecule has 3 aromatic heterocycles. The molecule has 0 saturated heterocycles. The summed E-state index contributed by atoms with van der Waals surface area (Å²) in [6.45, 7) is 0. The Labute approximate surface area is 318 Å². The number of hydrogen-bond acceptors (Lipinski definition) is 5. The zero-order chi connectivity index (χ0) is 34.9. The second-order valence-electron chi connectivity index (χ2n) is 13.3. The molecule has 0 saturated carbocycles. The van der Waals surface area contributed by atoms with Gasteiger partial charge in [0.1, 0.15) is 0 Å². The zero-order valence-electron chi connectivity index (χ0n) is 28.4. The Morgan fingerprint density at radius 3 is 1.25 bits per heavy atom. The molecule has 250 valence electrons. The third-order valence-corrected chi connectivity index (χ3v) is 13.7. The minimum Gasteiger partial charge on any atom is -0.310 e. The number of para-hydroxylation sites is 2. The van der Waals surface area contributed by atoms with Crippen molar-refractivity contribution in [3.8, 4) is 0 Å². The summed E-state index contributed by atoms with van der Waals surface area (Å²) in [7, 11) is 0. The van der Waals surface area contributed by atoms with Gasteiger partial charge in [0.25, 0.3) is 0 Å². The molecule has 11 aromatic rings. The highest BCUT2D eigenvalue weighted by atomic mass is 32.1. The van der Waals surface area contributed by atoms with Gasteiger partial charge in [-0.05, 0) is 78.9 Å². The molecule has 0 amide bonds. The van der Waals surface area contributed by atoms with Crippen molar-refractivity contribution < 1.29 is 0 Å². The van der Waals surface area contributed by atoms with E-state index in [0.29, 0.717) is 0 Å².